The van der Waals surface area contributed by atoms with Crippen molar-refractivity contribution in [3.8, 4) is 0 Å². The normalized spacial score (nSPS) is 15.9. The fourth-order valence-electron chi connectivity index (χ4n) is 3.18. The van der Waals surface area contributed by atoms with Crippen LogP contribution in [-0.2, 0) is 17.8 Å². The number of anilines is 1. The standard InChI is InChI=1S/C18H19N5O/c1-12(23-9-7-13-10-20-22-17(13)11-23)18(24)21-16-6-2-5-15-14(16)4-3-8-19-15/h2-6,8,10,12H,7,9,11H2,1H3,(H,20,22)(H,21,24). The molecule has 2 N–H and O–H groups in total. The molecule has 24 heavy (non-hydrogen) atoms. The van der Waals surface area contributed by atoms with Crippen molar-refractivity contribution in [2.24, 2.45) is 0 Å². The molecule has 4 rings (SSSR count). The van der Waals surface area contributed by atoms with E-state index in [1.165, 1.54) is 5.56 Å². The molecule has 1 unspecified atom stereocenters. The van der Waals surface area contributed by atoms with Crippen molar-refractivity contribution in [1.29, 1.82) is 0 Å². The lowest BCUT2D eigenvalue weighted by Crippen LogP contribution is -2.44. The van der Waals surface area contributed by atoms with Crippen LogP contribution >= 0.6 is 0 Å². The van der Waals surface area contributed by atoms with Gasteiger partial charge in [0.15, 0.2) is 0 Å². The lowest BCUT2D eigenvalue weighted by molar-refractivity contribution is -0.121. The second kappa shape index (κ2) is 6.05. The van der Waals surface area contributed by atoms with Crippen LogP contribution in [0.2, 0.25) is 0 Å². The zero-order valence-electron chi connectivity index (χ0n) is 13.5. The molecule has 3 heterocycles. The number of rotatable bonds is 3. The third kappa shape index (κ3) is 2.65. The van der Waals surface area contributed by atoms with Crippen LogP contribution < -0.4 is 5.32 Å². The first-order valence-corrected chi connectivity index (χ1v) is 8.12. The highest BCUT2D eigenvalue weighted by Crippen LogP contribution is 2.23. The number of aromatic amines is 1. The van der Waals surface area contributed by atoms with Gasteiger partial charge in [-0.05, 0) is 43.2 Å². The van der Waals surface area contributed by atoms with Gasteiger partial charge in [0.05, 0.1) is 29.1 Å². The van der Waals surface area contributed by atoms with E-state index in [9.17, 15) is 4.79 Å². The lowest BCUT2D eigenvalue weighted by atomic mass is 10.1. The van der Waals surface area contributed by atoms with Crippen molar-refractivity contribution in [2.75, 3.05) is 11.9 Å². The van der Waals surface area contributed by atoms with Gasteiger partial charge in [-0.15, -0.1) is 0 Å². The molecule has 1 aliphatic heterocycles. The van der Waals surface area contributed by atoms with E-state index in [0.29, 0.717) is 0 Å². The van der Waals surface area contributed by atoms with E-state index in [2.05, 4.69) is 25.4 Å². The van der Waals surface area contributed by atoms with E-state index >= 15 is 0 Å². The summed E-state index contributed by atoms with van der Waals surface area (Å²) in [4.78, 5) is 19.2. The average molecular weight is 321 g/mol. The monoisotopic (exact) mass is 321 g/mol. The minimum Gasteiger partial charge on any atom is -0.324 e. The van der Waals surface area contributed by atoms with Gasteiger partial charge in [-0.3, -0.25) is 19.8 Å². The van der Waals surface area contributed by atoms with Gasteiger partial charge in [0.2, 0.25) is 5.91 Å². The van der Waals surface area contributed by atoms with Gasteiger partial charge in [0.1, 0.15) is 0 Å². The molecule has 0 radical (unpaired) electrons. The number of hydrogen-bond acceptors (Lipinski definition) is 4. The first kappa shape index (κ1) is 14.8. The largest absolute Gasteiger partial charge is 0.324 e. The van der Waals surface area contributed by atoms with Crippen molar-refractivity contribution in [3.63, 3.8) is 0 Å². The first-order chi connectivity index (χ1) is 11.7. The van der Waals surface area contributed by atoms with Gasteiger partial charge in [-0.25, -0.2) is 0 Å². The molecular weight excluding hydrogens is 302 g/mol. The second-order valence-electron chi connectivity index (χ2n) is 6.14. The number of benzene rings is 1. The fraction of sp³-hybridized carbons (Fsp3) is 0.278. The maximum atomic E-state index is 12.7. The Labute approximate surface area is 139 Å². The Kier molecular flexibility index (Phi) is 3.74. The van der Waals surface area contributed by atoms with Crippen LogP contribution in [0, 0.1) is 0 Å². The van der Waals surface area contributed by atoms with Crippen molar-refractivity contribution in [1.82, 2.24) is 20.1 Å². The summed E-state index contributed by atoms with van der Waals surface area (Å²) >= 11 is 0. The summed E-state index contributed by atoms with van der Waals surface area (Å²) in [5, 5.41) is 11.1. The molecular formula is C18H19N5O. The molecule has 1 aliphatic rings. The number of hydrogen-bond donors (Lipinski definition) is 2. The lowest BCUT2D eigenvalue weighted by Gasteiger charge is -2.31. The predicted molar refractivity (Wildman–Crippen MR) is 92.5 cm³/mol. The van der Waals surface area contributed by atoms with Crippen LogP contribution in [0.4, 0.5) is 5.69 Å². The number of pyridine rings is 1. The Bertz CT molecular complexity index is 883. The summed E-state index contributed by atoms with van der Waals surface area (Å²) in [6.07, 6.45) is 4.55. The van der Waals surface area contributed by atoms with Crippen molar-refractivity contribution in [2.45, 2.75) is 25.9 Å². The van der Waals surface area contributed by atoms with Crippen LogP contribution in [0.5, 0.6) is 0 Å². The number of fused-ring (bicyclic) bond motifs is 2. The van der Waals surface area contributed by atoms with Gasteiger partial charge < -0.3 is 5.32 Å². The van der Waals surface area contributed by atoms with Crippen molar-refractivity contribution in [3.05, 3.63) is 54.0 Å². The maximum absolute atomic E-state index is 12.7. The Balaban J connectivity index is 1.51. The molecule has 1 atom stereocenters. The van der Waals surface area contributed by atoms with E-state index in [0.717, 1.165) is 41.8 Å². The van der Waals surface area contributed by atoms with E-state index in [1.807, 2.05) is 43.5 Å². The molecule has 6 nitrogen and oxygen atoms in total. The quantitative estimate of drug-likeness (QED) is 0.776. The van der Waals surface area contributed by atoms with E-state index in [-0.39, 0.29) is 11.9 Å². The highest BCUT2D eigenvalue weighted by atomic mass is 16.2. The van der Waals surface area contributed by atoms with Gasteiger partial charge in [0.25, 0.3) is 0 Å². The minimum atomic E-state index is -0.214. The smallest absolute Gasteiger partial charge is 0.241 e. The molecule has 2 aromatic heterocycles. The van der Waals surface area contributed by atoms with Crippen LogP contribution in [0.15, 0.2) is 42.7 Å². The molecule has 0 spiro atoms. The van der Waals surface area contributed by atoms with Crippen molar-refractivity contribution >= 4 is 22.5 Å². The molecule has 0 saturated heterocycles. The number of amides is 1. The first-order valence-electron chi connectivity index (χ1n) is 8.12. The Hall–Kier alpha value is -2.73. The van der Waals surface area contributed by atoms with Crippen LogP contribution in [0.1, 0.15) is 18.2 Å². The van der Waals surface area contributed by atoms with Crippen LogP contribution in [0.25, 0.3) is 10.9 Å². The fourth-order valence-corrected chi connectivity index (χ4v) is 3.18. The van der Waals surface area contributed by atoms with Gasteiger partial charge in [-0.1, -0.05) is 6.07 Å². The van der Waals surface area contributed by atoms with Gasteiger partial charge in [-0.2, -0.15) is 5.10 Å². The van der Waals surface area contributed by atoms with Gasteiger partial charge >= 0.3 is 0 Å². The third-order valence-corrected chi connectivity index (χ3v) is 4.67. The molecule has 122 valence electrons. The highest BCUT2D eigenvalue weighted by molar-refractivity contribution is 6.02. The number of nitrogens with one attached hydrogen (secondary N) is 2. The van der Waals surface area contributed by atoms with Crippen LogP contribution in [-0.4, -0.2) is 38.6 Å². The van der Waals surface area contributed by atoms with Crippen LogP contribution in [0.3, 0.4) is 0 Å². The number of H-pyrrole nitrogens is 1. The van der Waals surface area contributed by atoms with E-state index in [4.69, 9.17) is 0 Å². The Morgan fingerprint density at radius 1 is 1.33 bits per heavy atom. The van der Waals surface area contributed by atoms with E-state index in [1.54, 1.807) is 6.20 Å². The summed E-state index contributed by atoms with van der Waals surface area (Å²) in [6.45, 7) is 3.53. The molecule has 6 heteroatoms. The highest BCUT2D eigenvalue weighted by Gasteiger charge is 2.26. The molecule has 3 aromatic rings. The summed E-state index contributed by atoms with van der Waals surface area (Å²) in [7, 11) is 0. The summed E-state index contributed by atoms with van der Waals surface area (Å²) in [5.74, 6) is -0.00526. The van der Waals surface area contributed by atoms with E-state index < -0.39 is 0 Å². The molecule has 0 aliphatic carbocycles. The molecule has 0 fully saturated rings. The van der Waals surface area contributed by atoms with Crippen molar-refractivity contribution < 1.29 is 4.79 Å². The number of nitrogens with zero attached hydrogens (tertiary/aromatic N) is 3. The number of carbonyl (C=O) groups is 1. The predicted octanol–water partition coefficient (Wildman–Crippen LogP) is 2.34. The third-order valence-electron chi connectivity index (χ3n) is 4.67. The SMILES string of the molecule is CC(C(=O)Nc1cccc2ncccc12)N1CCc2cn[nH]c2C1. The zero-order chi connectivity index (χ0) is 16.5. The van der Waals surface area contributed by atoms with Gasteiger partial charge in [0, 0.05) is 24.7 Å². The zero-order valence-corrected chi connectivity index (χ0v) is 13.5. The summed E-state index contributed by atoms with van der Waals surface area (Å²) < 4.78 is 0. The molecule has 0 bridgehead atoms. The second-order valence-corrected chi connectivity index (χ2v) is 6.14. The molecule has 1 aromatic carbocycles. The topological polar surface area (TPSA) is 73.9 Å². The Morgan fingerprint density at radius 3 is 3.17 bits per heavy atom. The number of aromatic nitrogens is 3. The average Bonchev–Trinajstić information content (AvgIpc) is 3.09. The number of carbonyl (C=O) groups excluding carboxylic acids is 1. The molecule has 1 amide bonds. The minimum absolute atomic E-state index is 0.00526. The summed E-state index contributed by atoms with van der Waals surface area (Å²) in [5.41, 5.74) is 4.04. The summed E-state index contributed by atoms with van der Waals surface area (Å²) in [6, 6.07) is 9.41. The molecule has 0 saturated carbocycles. The maximum Gasteiger partial charge on any atom is 0.241 e. The Morgan fingerprint density at radius 2 is 2.25 bits per heavy atom.